The van der Waals surface area contributed by atoms with Crippen molar-refractivity contribution in [3.8, 4) is 11.1 Å². The Morgan fingerprint density at radius 3 is 1.19 bits per heavy atom. The van der Waals surface area contributed by atoms with Crippen molar-refractivity contribution in [3.63, 3.8) is 0 Å². The Labute approximate surface area is 629 Å². The number of nitrogens with zero attached hydrogens (tertiary/aromatic N) is 5. The van der Waals surface area contributed by atoms with Gasteiger partial charge in [-0.15, -0.1) is 0 Å². The van der Waals surface area contributed by atoms with Gasteiger partial charge in [-0.05, 0) is 150 Å². The van der Waals surface area contributed by atoms with Crippen LogP contribution in [-0.4, -0.2) is 13.2 Å². The topological polar surface area (TPSA) is 72.3 Å². The zero-order chi connectivity index (χ0) is 72.1. The Morgan fingerprint density at radius 1 is 0.216 bits per heavy atom. The summed E-state index contributed by atoms with van der Waals surface area (Å²) in [6.45, 7) is 4.42. The van der Waals surface area contributed by atoms with Gasteiger partial charge in [0.25, 0.3) is 0 Å². The van der Waals surface area contributed by atoms with Gasteiger partial charge in [0.2, 0.25) is 0 Å². The van der Waals surface area contributed by atoms with Gasteiger partial charge >= 0.3 is 0 Å². The van der Waals surface area contributed by atoms with Crippen LogP contribution in [-0.2, 0) is 0 Å². The van der Waals surface area contributed by atoms with Crippen LogP contribution in [0.5, 0.6) is 0 Å². The maximum absolute atomic E-state index is 7.60. The maximum atomic E-state index is 7.60. The average molecular weight is 1420 g/mol. The SMILES string of the molecule is Cc1ccccc1N(c1cccc2c1oc1ccccc12)c1cc2c3ccccc3oc2c2c1c1cccc3c4c(N(c5ccccc5C)c5cccc6c5oc5cc(-c7ccc8c9cc%10cc%11c(cc%10cc9n9c%10ccccc%10c7c89)c7cccc8c9ccccc9n%11c87)ccc56)cc5c6ccccc6oc5c4n2c13. The summed E-state index contributed by atoms with van der Waals surface area (Å²) in [6.07, 6.45) is 0. The minimum absolute atomic E-state index is 0.783. The summed E-state index contributed by atoms with van der Waals surface area (Å²) in [5, 5.41) is 24.9. The molecule has 27 aromatic rings. The van der Waals surface area contributed by atoms with Crippen molar-refractivity contribution in [3.05, 3.63) is 321 Å². The van der Waals surface area contributed by atoms with Gasteiger partial charge in [0, 0.05) is 119 Å². The second kappa shape index (κ2) is 20.7. The Balaban J connectivity index is 0.698. The number of fused-ring (bicyclic) bond motifs is 33. The van der Waals surface area contributed by atoms with Crippen molar-refractivity contribution < 1.29 is 17.7 Å². The molecule has 0 saturated carbocycles. The lowest BCUT2D eigenvalue weighted by Gasteiger charge is -2.28. The standard InChI is InChI=1S/C102H57N5O4/c1-54-21-3-10-34-77(54)103(81-38-19-30-68-61-24-7-14-40-87(61)108-99(68)81)85-52-75-62-25-8-15-41-88(62)109-101(75)97-92(85)71-32-18-33-72-93-86(53-76-63-26-9-16-42-89(63)110-102(76)98(93)107(97)95(71)72)104(78-35-11-4-22-55(78)2)82-39-20-31-69-64-44-43-56(51-90(64)111-100(69)82)59-45-46-67-74-48-58-49-83-73(66-29-17-28-65-60-23-5-12-36-79(60)105(83)94(65)66)47-57(58)50-84(74)106-80-37-13-6-27-70(80)91(59)96(67)106/h3-53H,1-2H3. The Kier molecular flexibility index (Phi) is 10.9. The van der Waals surface area contributed by atoms with Crippen LogP contribution in [0.15, 0.2) is 327 Å². The van der Waals surface area contributed by atoms with E-state index in [4.69, 9.17) is 17.7 Å². The van der Waals surface area contributed by atoms with Gasteiger partial charge in [0.1, 0.15) is 33.4 Å². The highest BCUT2D eigenvalue weighted by molar-refractivity contribution is 6.37. The maximum Gasteiger partial charge on any atom is 0.160 e. The van der Waals surface area contributed by atoms with Gasteiger partial charge in [-0.1, -0.05) is 206 Å². The molecule has 9 nitrogen and oxygen atoms in total. The summed E-state index contributed by atoms with van der Waals surface area (Å²) in [5.41, 5.74) is 27.1. The van der Waals surface area contributed by atoms with Gasteiger partial charge in [-0.25, -0.2) is 0 Å². The molecule has 0 radical (unpaired) electrons. The van der Waals surface area contributed by atoms with Gasteiger partial charge in [0.05, 0.1) is 61.4 Å². The van der Waals surface area contributed by atoms with Crippen LogP contribution in [0.1, 0.15) is 11.1 Å². The number of anilines is 6. The van der Waals surface area contributed by atoms with E-state index >= 15 is 0 Å². The van der Waals surface area contributed by atoms with Crippen LogP contribution >= 0.6 is 0 Å². The molecule has 111 heavy (non-hydrogen) atoms. The molecule has 0 aliphatic heterocycles. The lowest BCUT2D eigenvalue weighted by atomic mass is 9.96. The molecule has 0 bridgehead atoms. The molecule has 9 heteroatoms. The molecule has 0 unspecified atom stereocenters. The fraction of sp³-hybridized carbons (Fsp3) is 0.0196. The molecule has 0 saturated heterocycles. The summed E-state index contributed by atoms with van der Waals surface area (Å²) in [4.78, 5) is 4.90. The normalized spacial score (nSPS) is 12.8. The molecule has 17 aromatic carbocycles. The van der Waals surface area contributed by atoms with Gasteiger partial charge in [0.15, 0.2) is 22.3 Å². The van der Waals surface area contributed by atoms with Gasteiger partial charge in [-0.3, -0.25) is 0 Å². The summed E-state index contributed by atoms with van der Waals surface area (Å²) in [5.74, 6) is 0. The lowest BCUT2D eigenvalue weighted by molar-refractivity contribution is 0.669. The highest BCUT2D eigenvalue weighted by Crippen LogP contribution is 2.58. The number of furan rings is 4. The van der Waals surface area contributed by atoms with E-state index in [0.717, 1.165) is 182 Å². The number of benzene rings is 17. The van der Waals surface area contributed by atoms with E-state index in [1.54, 1.807) is 0 Å². The molecule has 0 fully saturated rings. The highest BCUT2D eigenvalue weighted by Gasteiger charge is 2.35. The van der Waals surface area contributed by atoms with Crippen molar-refractivity contribution >= 4 is 247 Å². The zero-order valence-electron chi connectivity index (χ0n) is 59.8. The van der Waals surface area contributed by atoms with Gasteiger partial charge in [-0.2, -0.15) is 0 Å². The van der Waals surface area contributed by atoms with Crippen LogP contribution < -0.4 is 9.80 Å². The minimum atomic E-state index is 0.783. The molecule has 514 valence electrons. The molecule has 0 atom stereocenters. The van der Waals surface area contributed by atoms with Crippen LogP contribution in [0.3, 0.4) is 0 Å². The van der Waals surface area contributed by atoms with E-state index in [-0.39, 0.29) is 0 Å². The predicted molar refractivity (Wildman–Crippen MR) is 461 cm³/mol. The quantitative estimate of drug-likeness (QED) is 0.158. The Bertz CT molecular complexity index is 8850. The molecule has 27 rings (SSSR count). The third-order valence-corrected chi connectivity index (χ3v) is 25.0. The van der Waals surface area contributed by atoms with Crippen LogP contribution in [0, 0.1) is 13.8 Å². The fourth-order valence-corrected chi connectivity index (χ4v) is 20.4. The van der Waals surface area contributed by atoms with Crippen molar-refractivity contribution in [2.45, 2.75) is 13.8 Å². The molecule has 10 aromatic heterocycles. The van der Waals surface area contributed by atoms with Crippen LogP contribution in [0.25, 0.3) is 224 Å². The number of aryl methyl sites for hydroxylation is 2. The van der Waals surface area contributed by atoms with E-state index in [1.165, 1.54) is 87.0 Å². The van der Waals surface area contributed by atoms with E-state index in [9.17, 15) is 0 Å². The minimum Gasteiger partial charge on any atom is -0.454 e. The molecule has 0 N–H and O–H groups in total. The van der Waals surface area contributed by atoms with Crippen LogP contribution in [0.4, 0.5) is 34.1 Å². The number of hydrogen-bond acceptors (Lipinski definition) is 6. The summed E-state index contributed by atoms with van der Waals surface area (Å²) in [7, 11) is 0. The van der Waals surface area contributed by atoms with Crippen molar-refractivity contribution in [2.75, 3.05) is 9.80 Å². The summed E-state index contributed by atoms with van der Waals surface area (Å²) < 4.78 is 36.9. The Hall–Kier alpha value is -14.8. The number of para-hydroxylation sites is 11. The monoisotopic (exact) mass is 1420 g/mol. The molecular formula is C102H57N5O4. The summed E-state index contributed by atoms with van der Waals surface area (Å²) >= 11 is 0. The summed E-state index contributed by atoms with van der Waals surface area (Å²) in [6, 6.07) is 113. The largest absolute Gasteiger partial charge is 0.454 e. The first-order valence-corrected chi connectivity index (χ1v) is 38.1. The second-order valence-electron chi connectivity index (χ2n) is 30.6. The predicted octanol–water partition coefficient (Wildman–Crippen LogP) is 29.1. The third kappa shape index (κ3) is 7.32. The first-order chi connectivity index (χ1) is 54.9. The first kappa shape index (κ1) is 58.4. The Morgan fingerprint density at radius 2 is 0.613 bits per heavy atom. The first-order valence-electron chi connectivity index (χ1n) is 38.1. The third-order valence-electron chi connectivity index (χ3n) is 25.0. The van der Waals surface area contributed by atoms with E-state index in [1.807, 2.05) is 6.07 Å². The average Bonchev–Trinajstić information content (AvgIpc) is 1.51. The highest BCUT2D eigenvalue weighted by atomic mass is 16.3. The zero-order valence-corrected chi connectivity index (χ0v) is 59.8. The van der Waals surface area contributed by atoms with E-state index in [2.05, 4.69) is 340 Å². The molecular weight excluding hydrogens is 1360 g/mol. The number of rotatable bonds is 7. The number of aromatic nitrogens is 3. The second-order valence-corrected chi connectivity index (χ2v) is 30.6. The molecule has 0 spiro atoms. The van der Waals surface area contributed by atoms with E-state index < -0.39 is 0 Å². The van der Waals surface area contributed by atoms with E-state index in [0.29, 0.717) is 0 Å². The van der Waals surface area contributed by atoms with Crippen molar-refractivity contribution in [1.82, 2.24) is 13.2 Å². The van der Waals surface area contributed by atoms with Crippen molar-refractivity contribution in [1.29, 1.82) is 0 Å². The lowest BCUT2D eigenvalue weighted by Crippen LogP contribution is -2.12. The smallest absolute Gasteiger partial charge is 0.160 e. The molecule has 0 aliphatic carbocycles. The molecule has 0 amide bonds. The number of hydrogen-bond donors (Lipinski definition) is 0. The van der Waals surface area contributed by atoms with Crippen molar-refractivity contribution in [2.24, 2.45) is 0 Å². The molecule has 0 aliphatic rings. The molecule has 10 heterocycles. The van der Waals surface area contributed by atoms with Crippen LogP contribution in [0.2, 0.25) is 0 Å². The fourth-order valence-electron chi connectivity index (χ4n) is 20.4. The van der Waals surface area contributed by atoms with Gasteiger partial charge < -0.3 is 40.7 Å².